The third-order valence-corrected chi connectivity index (χ3v) is 3.83. The zero-order valence-corrected chi connectivity index (χ0v) is 14.1. The number of nitrogens with zero attached hydrogens (tertiary/aromatic N) is 3. The van der Waals surface area contributed by atoms with Gasteiger partial charge in [-0.2, -0.15) is 5.10 Å². The van der Waals surface area contributed by atoms with Crippen LogP contribution in [0.4, 0.5) is 5.82 Å². The van der Waals surface area contributed by atoms with Crippen molar-refractivity contribution in [2.75, 3.05) is 18.0 Å². The van der Waals surface area contributed by atoms with Crippen molar-refractivity contribution in [3.05, 3.63) is 41.6 Å². The Labute approximate surface area is 132 Å². The van der Waals surface area contributed by atoms with Crippen molar-refractivity contribution in [1.29, 1.82) is 0 Å². The lowest BCUT2D eigenvalue weighted by molar-refractivity contribution is 0.607. The van der Waals surface area contributed by atoms with Crippen LogP contribution in [0.2, 0.25) is 0 Å². The summed E-state index contributed by atoms with van der Waals surface area (Å²) in [6.45, 7) is 10.6. The Morgan fingerprint density at radius 3 is 2.43 bits per heavy atom. The van der Waals surface area contributed by atoms with Crippen molar-refractivity contribution in [1.82, 2.24) is 9.78 Å². The standard InChI is InChI=1S/C17H24ClN3/c1-5-20(12-13(2)3)17-16(11-18)14(4)19-21(17)15-9-7-6-8-10-15/h6-10,13H,5,11-12H2,1-4H3. The van der Waals surface area contributed by atoms with Gasteiger partial charge in [-0.15, -0.1) is 11.6 Å². The SMILES string of the molecule is CCN(CC(C)C)c1c(CCl)c(C)nn1-c1ccccc1. The van der Waals surface area contributed by atoms with Gasteiger partial charge in [0.05, 0.1) is 17.3 Å². The molecule has 1 aromatic heterocycles. The predicted molar refractivity (Wildman–Crippen MR) is 90.6 cm³/mol. The van der Waals surface area contributed by atoms with Crippen LogP contribution < -0.4 is 4.90 Å². The van der Waals surface area contributed by atoms with E-state index in [1.807, 2.05) is 29.8 Å². The molecule has 0 unspecified atom stereocenters. The lowest BCUT2D eigenvalue weighted by Crippen LogP contribution is -2.30. The monoisotopic (exact) mass is 305 g/mol. The maximum absolute atomic E-state index is 6.20. The van der Waals surface area contributed by atoms with Crippen LogP contribution in [0, 0.1) is 12.8 Å². The first kappa shape index (κ1) is 15.9. The minimum Gasteiger partial charge on any atom is -0.356 e. The summed E-state index contributed by atoms with van der Waals surface area (Å²) in [6.07, 6.45) is 0. The minimum atomic E-state index is 0.489. The number of anilines is 1. The molecule has 2 rings (SSSR count). The molecule has 0 radical (unpaired) electrons. The molecule has 0 saturated carbocycles. The number of hydrogen-bond acceptors (Lipinski definition) is 2. The number of rotatable bonds is 6. The van der Waals surface area contributed by atoms with Crippen LogP contribution in [0.5, 0.6) is 0 Å². The third kappa shape index (κ3) is 3.41. The largest absolute Gasteiger partial charge is 0.356 e. The van der Waals surface area contributed by atoms with E-state index in [1.165, 1.54) is 0 Å². The average Bonchev–Trinajstić information content (AvgIpc) is 2.82. The summed E-state index contributed by atoms with van der Waals surface area (Å²) in [4.78, 5) is 2.37. The number of halogens is 1. The van der Waals surface area contributed by atoms with Crippen LogP contribution in [0.25, 0.3) is 5.69 Å². The van der Waals surface area contributed by atoms with E-state index in [2.05, 4.69) is 37.8 Å². The van der Waals surface area contributed by atoms with Crippen LogP contribution in [-0.2, 0) is 5.88 Å². The highest BCUT2D eigenvalue weighted by Gasteiger charge is 2.21. The van der Waals surface area contributed by atoms with E-state index in [1.54, 1.807) is 0 Å². The zero-order valence-electron chi connectivity index (χ0n) is 13.3. The Morgan fingerprint density at radius 2 is 1.90 bits per heavy atom. The normalized spacial score (nSPS) is 11.1. The van der Waals surface area contributed by atoms with Crippen molar-refractivity contribution in [3.8, 4) is 5.69 Å². The van der Waals surface area contributed by atoms with E-state index < -0.39 is 0 Å². The lowest BCUT2D eigenvalue weighted by atomic mass is 10.2. The van der Waals surface area contributed by atoms with Crippen LogP contribution in [-0.4, -0.2) is 22.9 Å². The average molecular weight is 306 g/mol. The first-order chi connectivity index (χ1) is 10.1. The number of aryl methyl sites for hydroxylation is 1. The van der Waals surface area contributed by atoms with Crippen LogP contribution in [0.1, 0.15) is 32.0 Å². The summed E-state index contributed by atoms with van der Waals surface area (Å²) < 4.78 is 2.03. The fourth-order valence-corrected chi connectivity index (χ4v) is 2.90. The second kappa shape index (κ2) is 6.99. The first-order valence-electron chi connectivity index (χ1n) is 7.53. The molecule has 0 aliphatic heterocycles. The lowest BCUT2D eigenvalue weighted by Gasteiger charge is -2.27. The Kier molecular flexibility index (Phi) is 5.29. The Balaban J connectivity index is 2.56. The molecule has 0 amide bonds. The second-order valence-electron chi connectivity index (χ2n) is 5.70. The summed E-state index contributed by atoms with van der Waals surface area (Å²) in [5.41, 5.74) is 3.21. The van der Waals surface area contributed by atoms with Crippen molar-refractivity contribution >= 4 is 17.4 Å². The Morgan fingerprint density at radius 1 is 1.24 bits per heavy atom. The summed E-state index contributed by atoms with van der Waals surface area (Å²) >= 11 is 6.20. The van der Waals surface area contributed by atoms with Gasteiger partial charge < -0.3 is 4.90 Å². The molecule has 3 nitrogen and oxygen atoms in total. The van der Waals surface area contributed by atoms with Gasteiger partial charge in [-0.3, -0.25) is 0 Å². The van der Waals surface area contributed by atoms with E-state index in [0.29, 0.717) is 11.8 Å². The van der Waals surface area contributed by atoms with E-state index in [-0.39, 0.29) is 0 Å². The molecule has 2 aromatic rings. The first-order valence-corrected chi connectivity index (χ1v) is 8.06. The summed E-state index contributed by atoms with van der Waals surface area (Å²) in [7, 11) is 0. The highest BCUT2D eigenvalue weighted by atomic mass is 35.5. The van der Waals surface area contributed by atoms with Crippen molar-refractivity contribution < 1.29 is 0 Å². The summed E-state index contributed by atoms with van der Waals surface area (Å²) in [5.74, 6) is 2.21. The molecule has 0 aliphatic rings. The third-order valence-electron chi connectivity index (χ3n) is 3.56. The highest BCUT2D eigenvalue weighted by Crippen LogP contribution is 2.29. The van der Waals surface area contributed by atoms with Gasteiger partial charge in [0.1, 0.15) is 5.82 Å². The van der Waals surface area contributed by atoms with Gasteiger partial charge in [0, 0.05) is 18.7 Å². The molecular formula is C17H24ClN3. The van der Waals surface area contributed by atoms with E-state index >= 15 is 0 Å². The maximum atomic E-state index is 6.20. The van der Waals surface area contributed by atoms with Crippen molar-refractivity contribution in [2.24, 2.45) is 5.92 Å². The van der Waals surface area contributed by atoms with Gasteiger partial charge in [0.15, 0.2) is 0 Å². The molecule has 0 fully saturated rings. The van der Waals surface area contributed by atoms with Gasteiger partial charge in [0.2, 0.25) is 0 Å². The highest BCUT2D eigenvalue weighted by molar-refractivity contribution is 6.17. The van der Waals surface area contributed by atoms with Crippen molar-refractivity contribution in [2.45, 2.75) is 33.6 Å². The predicted octanol–water partition coefficient (Wildman–Crippen LogP) is 4.40. The molecular weight excluding hydrogens is 282 g/mol. The maximum Gasteiger partial charge on any atom is 0.137 e. The molecule has 0 atom stereocenters. The molecule has 4 heteroatoms. The van der Waals surface area contributed by atoms with Gasteiger partial charge in [-0.25, -0.2) is 4.68 Å². The number of benzene rings is 1. The van der Waals surface area contributed by atoms with Gasteiger partial charge in [-0.1, -0.05) is 32.0 Å². The molecule has 0 aliphatic carbocycles. The number of aromatic nitrogens is 2. The molecule has 0 spiro atoms. The topological polar surface area (TPSA) is 21.1 Å². The summed E-state index contributed by atoms with van der Waals surface area (Å²) in [5, 5.41) is 4.72. The number of alkyl halides is 1. The Hall–Kier alpha value is -1.48. The number of para-hydroxylation sites is 1. The molecule has 0 saturated heterocycles. The van der Waals surface area contributed by atoms with Crippen LogP contribution in [0.15, 0.2) is 30.3 Å². The molecule has 114 valence electrons. The zero-order chi connectivity index (χ0) is 15.4. The van der Waals surface area contributed by atoms with Gasteiger partial charge in [0.25, 0.3) is 0 Å². The van der Waals surface area contributed by atoms with Crippen molar-refractivity contribution in [3.63, 3.8) is 0 Å². The van der Waals surface area contributed by atoms with E-state index in [0.717, 1.165) is 35.9 Å². The van der Waals surface area contributed by atoms with Crippen LogP contribution in [0.3, 0.4) is 0 Å². The smallest absolute Gasteiger partial charge is 0.137 e. The quantitative estimate of drug-likeness (QED) is 0.737. The minimum absolute atomic E-state index is 0.489. The molecule has 1 heterocycles. The van der Waals surface area contributed by atoms with E-state index in [9.17, 15) is 0 Å². The van der Waals surface area contributed by atoms with E-state index in [4.69, 9.17) is 16.7 Å². The number of hydrogen-bond donors (Lipinski definition) is 0. The molecule has 1 aromatic carbocycles. The van der Waals surface area contributed by atoms with Gasteiger partial charge in [-0.05, 0) is 31.9 Å². The molecule has 0 N–H and O–H groups in total. The molecule has 21 heavy (non-hydrogen) atoms. The summed E-state index contributed by atoms with van der Waals surface area (Å²) in [6, 6.07) is 10.3. The molecule has 0 bridgehead atoms. The van der Waals surface area contributed by atoms with Gasteiger partial charge >= 0.3 is 0 Å². The fraction of sp³-hybridized carbons (Fsp3) is 0.471. The Bertz CT molecular complexity index is 575. The second-order valence-corrected chi connectivity index (χ2v) is 5.97. The van der Waals surface area contributed by atoms with Crippen LogP contribution >= 0.6 is 11.6 Å². The fourth-order valence-electron chi connectivity index (χ4n) is 2.58.